The van der Waals surface area contributed by atoms with E-state index in [1.54, 1.807) is 6.92 Å². The van der Waals surface area contributed by atoms with Crippen molar-refractivity contribution >= 4 is 27.5 Å². The molecule has 21 heavy (non-hydrogen) atoms. The highest BCUT2D eigenvalue weighted by Gasteiger charge is 2.26. The van der Waals surface area contributed by atoms with Crippen LogP contribution in [0.2, 0.25) is 0 Å². The molecule has 0 saturated heterocycles. The molecule has 1 aromatic carbocycles. The van der Waals surface area contributed by atoms with E-state index in [9.17, 15) is 4.79 Å². The van der Waals surface area contributed by atoms with Crippen LogP contribution < -0.4 is 5.32 Å². The minimum atomic E-state index is 0.0614. The molecule has 3 rings (SSSR count). The van der Waals surface area contributed by atoms with Crippen LogP contribution in [0.25, 0.3) is 10.2 Å². The molecule has 1 N–H and O–H groups in total. The minimum Gasteiger partial charge on any atom is -0.356 e. The van der Waals surface area contributed by atoms with Gasteiger partial charge in [0.05, 0.1) is 15.2 Å². The molecule has 1 atom stereocenters. The smallest absolute Gasteiger partial charge is 0.216 e. The van der Waals surface area contributed by atoms with Crippen molar-refractivity contribution < 1.29 is 4.79 Å². The van der Waals surface area contributed by atoms with E-state index in [1.807, 2.05) is 11.3 Å². The second-order valence-corrected chi connectivity index (χ2v) is 7.23. The van der Waals surface area contributed by atoms with Crippen molar-refractivity contribution in [1.82, 2.24) is 10.3 Å². The van der Waals surface area contributed by atoms with Crippen LogP contribution >= 0.6 is 11.3 Å². The first kappa shape index (κ1) is 14.5. The van der Waals surface area contributed by atoms with Crippen LogP contribution in [0.1, 0.15) is 61.6 Å². The molecule has 0 fully saturated rings. The van der Waals surface area contributed by atoms with E-state index in [1.165, 1.54) is 27.3 Å². The van der Waals surface area contributed by atoms with Gasteiger partial charge in [0.1, 0.15) is 0 Å². The summed E-state index contributed by atoms with van der Waals surface area (Å²) in [5.74, 6) is 1.11. The third-order valence-corrected chi connectivity index (χ3v) is 5.64. The van der Waals surface area contributed by atoms with Gasteiger partial charge in [-0.05, 0) is 42.4 Å². The van der Waals surface area contributed by atoms with Crippen molar-refractivity contribution in [3.63, 3.8) is 0 Å². The Morgan fingerprint density at radius 3 is 3.00 bits per heavy atom. The van der Waals surface area contributed by atoms with Gasteiger partial charge < -0.3 is 5.32 Å². The largest absolute Gasteiger partial charge is 0.356 e. The van der Waals surface area contributed by atoms with Crippen LogP contribution in [0, 0.1) is 0 Å². The maximum absolute atomic E-state index is 11.0. The van der Waals surface area contributed by atoms with E-state index in [0.29, 0.717) is 11.8 Å². The first-order valence-corrected chi connectivity index (χ1v) is 8.54. The van der Waals surface area contributed by atoms with Crippen LogP contribution in [0.4, 0.5) is 0 Å². The predicted octanol–water partition coefficient (Wildman–Crippen LogP) is 3.98. The van der Waals surface area contributed by atoms with Gasteiger partial charge >= 0.3 is 0 Å². The van der Waals surface area contributed by atoms with Crippen molar-refractivity contribution in [2.45, 2.75) is 51.9 Å². The number of aromatic nitrogens is 1. The lowest BCUT2D eigenvalue weighted by molar-refractivity contribution is -0.118. The van der Waals surface area contributed by atoms with Crippen LogP contribution in [0.5, 0.6) is 0 Å². The molecule has 1 heterocycles. The fourth-order valence-electron chi connectivity index (χ4n) is 3.17. The van der Waals surface area contributed by atoms with E-state index in [4.69, 9.17) is 4.98 Å². The van der Waals surface area contributed by atoms with Gasteiger partial charge in [0.15, 0.2) is 0 Å². The molecule has 0 spiro atoms. The zero-order valence-electron chi connectivity index (χ0n) is 12.9. The number of amides is 1. The standard InChI is InChI=1S/C17H22N2OS/c1-10(2)17-19-14-7-6-12-4-5-13(8-9-18-11(3)20)15(12)16(14)21-17/h6-7,10,13H,4-5,8-9H2,1-3H3,(H,18,20)/t13-/m0/s1. The topological polar surface area (TPSA) is 42.0 Å². The summed E-state index contributed by atoms with van der Waals surface area (Å²) >= 11 is 1.86. The highest BCUT2D eigenvalue weighted by molar-refractivity contribution is 7.18. The van der Waals surface area contributed by atoms with Crippen molar-refractivity contribution in [3.8, 4) is 0 Å². The Labute approximate surface area is 129 Å². The second kappa shape index (κ2) is 5.76. The van der Waals surface area contributed by atoms with Gasteiger partial charge in [-0.1, -0.05) is 19.9 Å². The summed E-state index contributed by atoms with van der Waals surface area (Å²) in [6, 6.07) is 4.42. The first-order valence-electron chi connectivity index (χ1n) is 7.73. The molecule has 112 valence electrons. The zero-order chi connectivity index (χ0) is 15.0. The van der Waals surface area contributed by atoms with E-state index >= 15 is 0 Å². The molecule has 4 heteroatoms. The van der Waals surface area contributed by atoms with Crippen molar-refractivity contribution in [2.24, 2.45) is 0 Å². The summed E-state index contributed by atoms with van der Waals surface area (Å²) < 4.78 is 1.38. The van der Waals surface area contributed by atoms with E-state index < -0.39 is 0 Å². The van der Waals surface area contributed by atoms with Crippen LogP contribution in [-0.2, 0) is 11.2 Å². The van der Waals surface area contributed by atoms with E-state index in [2.05, 4.69) is 31.3 Å². The molecule has 1 aliphatic carbocycles. The van der Waals surface area contributed by atoms with Gasteiger partial charge in [0, 0.05) is 19.4 Å². The van der Waals surface area contributed by atoms with Crippen molar-refractivity contribution in [1.29, 1.82) is 0 Å². The highest BCUT2D eigenvalue weighted by Crippen LogP contribution is 2.42. The highest BCUT2D eigenvalue weighted by atomic mass is 32.1. The summed E-state index contributed by atoms with van der Waals surface area (Å²) in [7, 11) is 0. The molecular formula is C17H22N2OS. The van der Waals surface area contributed by atoms with Gasteiger partial charge in [0.25, 0.3) is 0 Å². The Morgan fingerprint density at radius 1 is 1.48 bits per heavy atom. The average Bonchev–Trinajstić information content (AvgIpc) is 3.01. The fourth-order valence-corrected chi connectivity index (χ4v) is 4.38. The second-order valence-electron chi connectivity index (χ2n) is 6.20. The monoisotopic (exact) mass is 302 g/mol. The third-order valence-electron chi connectivity index (χ3n) is 4.23. The number of hydrogen-bond donors (Lipinski definition) is 1. The van der Waals surface area contributed by atoms with Gasteiger partial charge in [-0.25, -0.2) is 4.98 Å². The average molecular weight is 302 g/mol. The van der Waals surface area contributed by atoms with Gasteiger partial charge in [-0.2, -0.15) is 0 Å². The summed E-state index contributed by atoms with van der Waals surface area (Å²) in [4.78, 5) is 15.8. The Bertz CT molecular complexity index is 675. The molecular weight excluding hydrogens is 280 g/mol. The number of benzene rings is 1. The van der Waals surface area contributed by atoms with Crippen molar-refractivity contribution in [3.05, 3.63) is 28.3 Å². The van der Waals surface area contributed by atoms with Crippen molar-refractivity contribution in [2.75, 3.05) is 6.54 Å². The molecule has 0 unspecified atom stereocenters. The number of carbonyl (C=O) groups excluding carboxylic acids is 1. The van der Waals surface area contributed by atoms with Gasteiger partial charge in [-0.3, -0.25) is 4.79 Å². The van der Waals surface area contributed by atoms with Gasteiger partial charge in [0.2, 0.25) is 5.91 Å². The van der Waals surface area contributed by atoms with Crippen LogP contribution in [0.3, 0.4) is 0 Å². The Kier molecular flexibility index (Phi) is 3.98. The number of aryl methyl sites for hydroxylation is 1. The molecule has 1 aromatic heterocycles. The number of thiazole rings is 1. The molecule has 0 aliphatic heterocycles. The minimum absolute atomic E-state index is 0.0614. The molecule has 1 amide bonds. The van der Waals surface area contributed by atoms with Crippen LogP contribution in [-0.4, -0.2) is 17.4 Å². The summed E-state index contributed by atoms with van der Waals surface area (Å²) in [5, 5.41) is 4.15. The molecule has 2 aromatic rings. The maximum Gasteiger partial charge on any atom is 0.216 e. The summed E-state index contributed by atoms with van der Waals surface area (Å²) in [6.07, 6.45) is 3.38. The fraction of sp³-hybridized carbons (Fsp3) is 0.529. The lowest BCUT2D eigenvalue weighted by Gasteiger charge is -2.12. The summed E-state index contributed by atoms with van der Waals surface area (Å²) in [5.41, 5.74) is 4.13. The van der Waals surface area contributed by atoms with E-state index in [-0.39, 0.29) is 5.91 Å². The third kappa shape index (κ3) is 2.82. The zero-order valence-corrected chi connectivity index (χ0v) is 13.7. The Hall–Kier alpha value is -1.42. The predicted molar refractivity (Wildman–Crippen MR) is 88.1 cm³/mol. The lowest BCUT2D eigenvalue weighted by atomic mass is 9.97. The number of nitrogens with one attached hydrogen (secondary N) is 1. The number of carbonyl (C=O) groups is 1. The molecule has 3 nitrogen and oxygen atoms in total. The molecule has 0 bridgehead atoms. The molecule has 1 aliphatic rings. The number of rotatable bonds is 4. The number of nitrogens with zero attached hydrogens (tertiary/aromatic N) is 1. The Balaban J connectivity index is 1.91. The molecule has 0 saturated carbocycles. The van der Waals surface area contributed by atoms with Crippen LogP contribution in [0.15, 0.2) is 12.1 Å². The lowest BCUT2D eigenvalue weighted by Crippen LogP contribution is -2.22. The normalized spacial score (nSPS) is 17.4. The first-order chi connectivity index (χ1) is 10.1. The quantitative estimate of drug-likeness (QED) is 0.928. The Morgan fingerprint density at radius 2 is 2.29 bits per heavy atom. The number of hydrogen-bond acceptors (Lipinski definition) is 3. The molecule has 0 radical (unpaired) electrons. The maximum atomic E-state index is 11.0. The number of fused-ring (bicyclic) bond motifs is 3. The summed E-state index contributed by atoms with van der Waals surface area (Å²) in [6.45, 7) is 6.75. The SMILES string of the molecule is CC(=O)NCC[C@@H]1CCc2ccc3nc(C(C)C)sc3c21. The van der Waals surface area contributed by atoms with E-state index in [0.717, 1.165) is 24.9 Å². The van der Waals surface area contributed by atoms with Gasteiger partial charge in [-0.15, -0.1) is 11.3 Å².